The van der Waals surface area contributed by atoms with Crippen molar-refractivity contribution in [3.05, 3.63) is 24.0 Å². The van der Waals surface area contributed by atoms with Gasteiger partial charge in [-0.25, -0.2) is 0 Å². The number of piperazine rings is 1. The highest BCUT2D eigenvalue weighted by atomic mass is 15.2. The molecule has 0 spiro atoms. The Kier molecular flexibility index (Phi) is 2.51. The van der Waals surface area contributed by atoms with Crippen LogP contribution >= 0.6 is 0 Å². The Bertz CT molecular complexity index is 321. The molecular formula is C12H19N3. The molecule has 0 amide bonds. The van der Waals surface area contributed by atoms with Gasteiger partial charge in [-0.05, 0) is 25.0 Å². The average molecular weight is 205 g/mol. The molecule has 1 saturated carbocycles. The van der Waals surface area contributed by atoms with Gasteiger partial charge in [-0.15, -0.1) is 0 Å². The largest absolute Gasteiger partial charge is 0.347 e. The molecule has 0 atom stereocenters. The zero-order valence-corrected chi connectivity index (χ0v) is 9.15. The van der Waals surface area contributed by atoms with Gasteiger partial charge in [0.15, 0.2) is 0 Å². The predicted molar refractivity (Wildman–Crippen MR) is 60.8 cm³/mol. The second-order valence-electron chi connectivity index (χ2n) is 4.66. The van der Waals surface area contributed by atoms with Crippen LogP contribution in [0.15, 0.2) is 18.3 Å². The third-order valence-electron chi connectivity index (χ3n) is 3.40. The quantitative estimate of drug-likeness (QED) is 0.801. The smallest absolute Gasteiger partial charge is 0.0388 e. The molecule has 0 unspecified atom stereocenters. The van der Waals surface area contributed by atoms with E-state index >= 15 is 0 Å². The van der Waals surface area contributed by atoms with E-state index in [9.17, 15) is 0 Å². The molecule has 2 aliphatic rings. The van der Waals surface area contributed by atoms with E-state index in [4.69, 9.17) is 0 Å². The van der Waals surface area contributed by atoms with Gasteiger partial charge in [-0.3, -0.25) is 4.90 Å². The topological polar surface area (TPSA) is 20.2 Å². The molecule has 0 aromatic carbocycles. The maximum Gasteiger partial charge on any atom is 0.0388 e. The molecule has 15 heavy (non-hydrogen) atoms. The van der Waals surface area contributed by atoms with Crippen LogP contribution in [0.2, 0.25) is 0 Å². The Morgan fingerprint density at radius 2 is 2.07 bits per heavy atom. The van der Waals surface area contributed by atoms with Crippen LogP contribution in [0.1, 0.15) is 24.6 Å². The van der Waals surface area contributed by atoms with Gasteiger partial charge in [0.05, 0.1) is 0 Å². The van der Waals surface area contributed by atoms with E-state index in [-0.39, 0.29) is 0 Å². The van der Waals surface area contributed by atoms with Crippen molar-refractivity contribution in [2.45, 2.75) is 25.4 Å². The molecule has 2 heterocycles. The maximum atomic E-state index is 3.40. The molecule has 3 nitrogen and oxygen atoms in total. The number of hydrogen-bond acceptors (Lipinski definition) is 2. The van der Waals surface area contributed by atoms with E-state index in [1.54, 1.807) is 0 Å². The van der Waals surface area contributed by atoms with Gasteiger partial charge < -0.3 is 9.88 Å². The lowest BCUT2D eigenvalue weighted by Crippen LogP contribution is -2.43. The highest BCUT2D eigenvalue weighted by Gasteiger charge is 2.25. The van der Waals surface area contributed by atoms with Gasteiger partial charge in [0.1, 0.15) is 0 Å². The standard InChI is InChI=1S/C12H19N3/c1-2-12(15(7-1)11-3-4-11)10-14-8-5-13-6-9-14/h1-2,7,11,13H,3-6,8-10H2. The molecule has 1 aliphatic carbocycles. The second-order valence-corrected chi connectivity index (χ2v) is 4.66. The van der Waals surface area contributed by atoms with E-state index in [0.717, 1.165) is 25.7 Å². The van der Waals surface area contributed by atoms with E-state index < -0.39 is 0 Å². The van der Waals surface area contributed by atoms with Crippen LogP contribution in [0.5, 0.6) is 0 Å². The summed E-state index contributed by atoms with van der Waals surface area (Å²) in [6.45, 7) is 5.80. The van der Waals surface area contributed by atoms with Crippen LogP contribution in [0.25, 0.3) is 0 Å². The fourth-order valence-corrected chi connectivity index (χ4v) is 2.37. The summed E-state index contributed by atoms with van der Waals surface area (Å²) >= 11 is 0. The average Bonchev–Trinajstić information content (AvgIpc) is 3.02. The third kappa shape index (κ3) is 2.08. The number of rotatable bonds is 3. The summed E-state index contributed by atoms with van der Waals surface area (Å²) in [4.78, 5) is 2.55. The molecule has 1 aromatic heterocycles. The first-order chi connectivity index (χ1) is 7.43. The first-order valence-electron chi connectivity index (χ1n) is 6.02. The summed E-state index contributed by atoms with van der Waals surface area (Å²) < 4.78 is 2.47. The maximum absolute atomic E-state index is 3.40. The fraction of sp³-hybridized carbons (Fsp3) is 0.667. The van der Waals surface area contributed by atoms with E-state index in [1.165, 1.54) is 31.6 Å². The molecule has 0 bridgehead atoms. The van der Waals surface area contributed by atoms with Crippen LogP contribution in [0.3, 0.4) is 0 Å². The summed E-state index contributed by atoms with van der Waals surface area (Å²) in [6, 6.07) is 5.29. The molecule has 3 rings (SSSR count). The molecule has 2 fully saturated rings. The molecule has 0 radical (unpaired) electrons. The highest BCUT2D eigenvalue weighted by Crippen LogP contribution is 2.36. The summed E-state index contributed by atoms with van der Waals surface area (Å²) in [6.07, 6.45) is 5.00. The molecule has 1 aromatic rings. The Morgan fingerprint density at radius 1 is 1.27 bits per heavy atom. The minimum atomic E-state index is 0.818. The Morgan fingerprint density at radius 3 is 2.80 bits per heavy atom. The number of nitrogens with one attached hydrogen (secondary N) is 1. The summed E-state index contributed by atoms with van der Waals surface area (Å²) in [5, 5.41) is 3.40. The van der Waals surface area contributed by atoms with Crippen LogP contribution in [0, 0.1) is 0 Å². The van der Waals surface area contributed by atoms with Crippen molar-refractivity contribution in [3.63, 3.8) is 0 Å². The van der Waals surface area contributed by atoms with Gasteiger partial charge in [-0.1, -0.05) is 0 Å². The molecule has 3 heteroatoms. The van der Waals surface area contributed by atoms with Crippen molar-refractivity contribution in [2.24, 2.45) is 0 Å². The molecular weight excluding hydrogens is 186 g/mol. The van der Waals surface area contributed by atoms with E-state index in [1.807, 2.05) is 0 Å². The molecule has 1 N–H and O–H groups in total. The van der Waals surface area contributed by atoms with E-state index in [2.05, 4.69) is 33.1 Å². The summed E-state index contributed by atoms with van der Waals surface area (Å²) in [5.74, 6) is 0. The second kappa shape index (κ2) is 3.99. The van der Waals surface area contributed by atoms with Gasteiger partial charge >= 0.3 is 0 Å². The van der Waals surface area contributed by atoms with Crippen molar-refractivity contribution in [3.8, 4) is 0 Å². The molecule has 82 valence electrons. The number of hydrogen-bond donors (Lipinski definition) is 1. The van der Waals surface area contributed by atoms with Gasteiger partial charge in [0.25, 0.3) is 0 Å². The van der Waals surface area contributed by atoms with Gasteiger partial charge in [0, 0.05) is 50.7 Å². The third-order valence-corrected chi connectivity index (χ3v) is 3.40. The van der Waals surface area contributed by atoms with Crippen LogP contribution < -0.4 is 5.32 Å². The lowest BCUT2D eigenvalue weighted by Gasteiger charge is -2.27. The van der Waals surface area contributed by atoms with Crippen molar-refractivity contribution in [2.75, 3.05) is 26.2 Å². The number of aromatic nitrogens is 1. The lowest BCUT2D eigenvalue weighted by molar-refractivity contribution is 0.228. The monoisotopic (exact) mass is 205 g/mol. The lowest BCUT2D eigenvalue weighted by atomic mass is 10.3. The van der Waals surface area contributed by atoms with Crippen molar-refractivity contribution >= 4 is 0 Å². The number of nitrogens with zero attached hydrogens (tertiary/aromatic N) is 2. The summed E-state index contributed by atoms with van der Waals surface area (Å²) in [5.41, 5.74) is 1.50. The highest BCUT2D eigenvalue weighted by molar-refractivity contribution is 5.10. The minimum Gasteiger partial charge on any atom is -0.347 e. The zero-order valence-electron chi connectivity index (χ0n) is 9.15. The Balaban J connectivity index is 1.67. The van der Waals surface area contributed by atoms with Crippen LogP contribution in [-0.4, -0.2) is 35.6 Å². The Hall–Kier alpha value is -0.800. The van der Waals surface area contributed by atoms with Crippen LogP contribution in [0.4, 0.5) is 0 Å². The molecule has 1 saturated heterocycles. The van der Waals surface area contributed by atoms with Crippen molar-refractivity contribution in [1.82, 2.24) is 14.8 Å². The normalized spacial score (nSPS) is 23.2. The van der Waals surface area contributed by atoms with Crippen molar-refractivity contribution in [1.29, 1.82) is 0 Å². The van der Waals surface area contributed by atoms with Gasteiger partial charge in [-0.2, -0.15) is 0 Å². The predicted octanol–water partition coefficient (Wildman–Crippen LogP) is 1.23. The summed E-state index contributed by atoms with van der Waals surface area (Å²) in [7, 11) is 0. The zero-order chi connectivity index (χ0) is 10.1. The first kappa shape index (κ1) is 9.43. The Labute approximate surface area is 91.1 Å². The van der Waals surface area contributed by atoms with Crippen molar-refractivity contribution < 1.29 is 0 Å². The molecule has 1 aliphatic heterocycles. The van der Waals surface area contributed by atoms with Gasteiger partial charge in [0.2, 0.25) is 0 Å². The van der Waals surface area contributed by atoms with Crippen LogP contribution in [-0.2, 0) is 6.54 Å². The van der Waals surface area contributed by atoms with E-state index in [0.29, 0.717) is 0 Å². The first-order valence-corrected chi connectivity index (χ1v) is 6.02. The SMILES string of the molecule is c1cc(CN2CCNCC2)n(C2CC2)c1. The fourth-order valence-electron chi connectivity index (χ4n) is 2.37. The minimum absolute atomic E-state index is 0.818.